The first-order chi connectivity index (χ1) is 19.1. The second-order valence-electron chi connectivity index (χ2n) is 14.5. The van der Waals surface area contributed by atoms with Crippen molar-refractivity contribution in [1.82, 2.24) is 0 Å². The highest BCUT2D eigenvalue weighted by Gasteiger charge is 2.58. The summed E-state index contributed by atoms with van der Waals surface area (Å²) in [6, 6.07) is 20.5. The second kappa shape index (κ2) is 10.3. The molecular weight excluding hydrogens is 488 g/mol. The van der Waals surface area contributed by atoms with Crippen LogP contribution < -0.4 is 0 Å². The molecule has 2 heteroatoms. The van der Waals surface area contributed by atoms with Crippen LogP contribution in [0.5, 0.6) is 0 Å². The van der Waals surface area contributed by atoms with E-state index in [0.29, 0.717) is 16.9 Å². The van der Waals surface area contributed by atoms with Crippen LogP contribution in [0.3, 0.4) is 0 Å². The molecule has 0 heterocycles. The minimum absolute atomic E-state index is 0.0326. The van der Waals surface area contributed by atoms with E-state index < -0.39 is 0 Å². The van der Waals surface area contributed by atoms with Gasteiger partial charge in [0.25, 0.3) is 0 Å². The van der Waals surface area contributed by atoms with Crippen LogP contribution in [-0.4, -0.2) is 12.1 Å². The summed E-state index contributed by atoms with van der Waals surface area (Å²) in [5, 5.41) is 0. The highest BCUT2D eigenvalue weighted by molar-refractivity contribution is 5.89. The van der Waals surface area contributed by atoms with Crippen molar-refractivity contribution >= 4 is 5.97 Å². The molecule has 1 fully saturated rings. The molecule has 1 saturated carbocycles. The Morgan fingerprint density at radius 3 is 2.33 bits per heavy atom. The van der Waals surface area contributed by atoms with Crippen LogP contribution in [0.1, 0.15) is 102 Å². The van der Waals surface area contributed by atoms with Gasteiger partial charge in [-0.1, -0.05) is 94.8 Å². The number of hydrogen-bond donors (Lipinski definition) is 0. The van der Waals surface area contributed by atoms with Crippen molar-refractivity contribution in [1.29, 1.82) is 0 Å². The van der Waals surface area contributed by atoms with E-state index in [9.17, 15) is 4.79 Å². The van der Waals surface area contributed by atoms with Gasteiger partial charge < -0.3 is 4.74 Å². The summed E-state index contributed by atoms with van der Waals surface area (Å²) in [6.45, 7) is 12.4. The molecule has 0 amide bonds. The lowest BCUT2D eigenvalue weighted by atomic mass is 9.46. The van der Waals surface area contributed by atoms with E-state index in [1.165, 1.54) is 50.5 Å². The number of aryl methyl sites for hydroxylation is 1. The third kappa shape index (κ3) is 4.50. The Balaban J connectivity index is 1.20. The predicted molar refractivity (Wildman–Crippen MR) is 164 cm³/mol. The molecule has 2 aromatic rings. The topological polar surface area (TPSA) is 26.3 Å². The Morgan fingerprint density at radius 2 is 1.60 bits per heavy atom. The average molecular weight is 537 g/mol. The predicted octanol–water partition coefficient (Wildman–Crippen LogP) is 9.76. The number of carbonyl (C=O) groups is 1. The molecule has 4 aliphatic carbocycles. The third-order valence-electron chi connectivity index (χ3n) is 12.1. The molecule has 0 aliphatic heterocycles. The molecular formula is C38H48O2. The fraction of sp³-hybridized carbons (Fsp3) is 0.553. The lowest BCUT2D eigenvalue weighted by molar-refractivity contribution is -0.0993. The van der Waals surface area contributed by atoms with Crippen molar-refractivity contribution in [3.8, 4) is 0 Å². The Bertz CT molecular complexity index is 1300. The minimum atomic E-state index is -0.171. The Labute approximate surface area is 242 Å². The van der Waals surface area contributed by atoms with Crippen LogP contribution in [0, 0.1) is 34.0 Å². The van der Waals surface area contributed by atoms with Gasteiger partial charge in [-0.15, -0.1) is 0 Å². The molecule has 0 N–H and O–H groups in total. The van der Waals surface area contributed by atoms with E-state index in [1.807, 2.05) is 30.3 Å². The third-order valence-corrected chi connectivity index (χ3v) is 12.1. The van der Waals surface area contributed by atoms with Crippen LogP contribution >= 0.6 is 0 Å². The summed E-state index contributed by atoms with van der Waals surface area (Å²) in [5.74, 6) is 1.83. The number of rotatable bonds is 6. The molecule has 0 spiro atoms. The van der Waals surface area contributed by atoms with E-state index in [2.05, 4.69) is 71.0 Å². The lowest BCUT2D eigenvalue weighted by Crippen LogP contribution is -2.54. The Kier molecular flexibility index (Phi) is 7.12. The van der Waals surface area contributed by atoms with E-state index in [1.54, 1.807) is 16.7 Å². The number of allylic oxidation sites excluding steroid dienone is 4. The van der Waals surface area contributed by atoms with Gasteiger partial charge in [0, 0.05) is 5.41 Å². The van der Waals surface area contributed by atoms with Crippen LogP contribution in [-0.2, 0) is 11.2 Å². The normalized spacial score (nSPS) is 33.3. The van der Waals surface area contributed by atoms with Crippen LogP contribution in [0.15, 0.2) is 83.5 Å². The minimum Gasteiger partial charge on any atom is -0.458 e. The molecule has 2 aromatic carbocycles. The van der Waals surface area contributed by atoms with Gasteiger partial charge in [0.2, 0.25) is 0 Å². The standard InChI is InChI=1S/C38H48O2/c1-26(16-17-27-12-8-6-9-13-27)30-19-20-31-29-18-21-33-36(2,3)34(40-35(39)28-14-10-7-11-15-28)23-25-38(33,5)32(29)22-24-37(30,31)4/h6-15,20,26,30,33-34H,16-19,21-25H2,1-5H3/t26-,30-,33+,34?,37-,38-/m1/s1. The zero-order valence-electron chi connectivity index (χ0n) is 25.3. The average Bonchev–Trinajstić information content (AvgIpc) is 3.31. The summed E-state index contributed by atoms with van der Waals surface area (Å²) in [5.41, 5.74) is 7.79. The number of fused-ring (bicyclic) bond motifs is 4. The van der Waals surface area contributed by atoms with E-state index in [4.69, 9.17) is 4.74 Å². The van der Waals surface area contributed by atoms with Gasteiger partial charge >= 0.3 is 5.97 Å². The monoisotopic (exact) mass is 536 g/mol. The fourth-order valence-electron chi connectivity index (χ4n) is 9.79. The lowest BCUT2D eigenvalue weighted by Gasteiger charge is -2.59. The first kappa shape index (κ1) is 27.6. The summed E-state index contributed by atoms with van der Waals surface area (Å²) in [7, 11) is 0. The Hall–Kier alpha value is -2.61. The van der Waals surface area contributed by atoms with E-state index >= 15 is 0 Å². The van der Waals surface area contributed by atoms with Crippen molar-refractivity contribution in [2.75, 3.05) is 0 Å². The van der Waals surface area contributed by atoms with Gasteiger partial charge in [0.15, 0.2) is 0 Å². The fourth-order valence-corrected chi connectivity index (χ4v) is 9.79. The van der Waals surface area contributed by atoms with Crippen molar-refractivity contribution in [3.63, 3.8) is 0 Å². The Morgan fingerprint density at radius 1 is 0.900 bits per heavy atom. The second-order valence-corrected chi connectivity index (χ2v) is 14.5. The molecule has 4 aliphatic rings. The highest BCUT2D eigenvalue weighted by Crippen LogP contribution is 2.67. The van der Waals surface area contributed by atoms with Gasteiger partial charge in [-0.3, -0.25) is 0 Å². The number of benzene rings is 2. The highest BCUT2D eigenvalue weighted by atomic mass is 16.5. The number of esters is 1. The smallest absolute Gasteiger partial charge is 0.338 e. The summed E-state index contributed by atoms with van der Waals surface area (Å²) in [6.07, 6.45) is 13.3. The quantitative estimate of drug-likeness (QED) is 0.343. The number of carbonyl (C=O) groups excluding carboxylic acids is 1. The summed E-state index contributed by atoms with van der Waals surface area (Å²) in [4.78, 5) is 13.0. The molecule has 0 radical (unpaired) electrons. The van der Waals surface area contributed by atoms with Crippen molar-refractivity contribution in [2.24, 2.45) is 34.0 Å². The van der Waals surface area contributed by atoms with Gasteiger partial charge in [-0.05, 0) is 115 Å². The van der Waals surface area contributed by atoms with E-state index in [-0.39, 0.29) is 22.9 Å². The van der Waals surface area contributed by atoms with Gasteiger partial charge in [0.1, 0.15) is 6.10 Å². The number of hydrogen-bond acceptors (Lipinski definition) is 2. The van der Waals surface area contributed by atoms with Gasteiger partial charge in [0.05, 0.1) is 5.56 Å². The first-order valence-electron chi connectivity index (χ1n) is 15.9. The molecule has 0 saturated heterocycles. The SMILES string of the molecule is C[C@H](CCc1ccccc1)[C@H]1CC=C2C3=C(CC[C@@]21C)[C@@]1(C)CCC(OC(=O)c2ccccc2)C(C)(C)[C@@H]1CC3. The van der Waals surface area contributed by atoms with Crippen molar-refractivity contribution in [2.45, 2.75) is 98.5 Å². The molecule has 212 valence electrons. The largest absolute Gasteiger partial charge is 0.458 e. The number of ether oxygens (including phenoxy) is 1. The summed E-state index contributed by atoms with van der Waals surface area (Å²) < 4.78 is 6.24. The molecule has 40 heavy (non-hydrogen) atoms. The summed E-state index contributed by atoms with van der Waals surface area (Å²) >= 11 is 0. The maximum absolute atomic E-state index is 13.0. The molecule has 1 unspecified atom stereocenters. The van der Waals surface area contributed by atoms with E-state index in [0.717, 1.165) is 24.7 Å². The molecule has 2 nitrogen and oxygen atoms in total. The van der Waals surface area contributed by atoms with Gasteiger partial charge in [-0.25, -0.2) is 4.79 Å². The zero-order chi connectivity index (χ0) is 28.1. The van der Waals surface area contributed by atoms with Crippen molar-refractivity contribution < 1.29 is 9.53 Å². The van der Waals surface area contributed by atoms with Crippen molar-refractivity contribution in [3.05, 3.63) is 94.6 Å². The van der Waals surface area contributed by atoms with Crippen LogP contribution in [0.25, 0.3) is 0 Å². The molecule has 0 aromatic heterocycles. The van der Waals surface area contributed by atoms with Crippen LogP contribution in [0.2, 0.25) is 0 Å². The molecule has 6 atom stereocenters. The molecule has 0 bridgehead atoms. The maximum atomic E-state index is 13.0. The molecule has 6 rings (SSSR count). The first-order valence-corrected chi connectivity index (χ1v) is 15.9. The van der Waals surface area contributed by atoms with Gasteiger partial charge in [-0.2, -0.15) is 0 Å². The maximum Gasteiger partial charge on any atom is 0.338 e. The van der Waals surface area contributed by atoms with Crippen LogP contribution in [0.4, 0.5) is 0 Å². The zero-order valence-corrected chi connectivity index (χ0v) is 25.3.